The Morgan fingerprint density at radius 2 is 2.25 bits per heavy atom. The summed E-state index contributed by atoms with van der Waals surface area (Å²) in [6.45, 7) is 4.54. The van der Waals surface area contributed by atoms with Crippen LogP contribution in [0, 0.1) is 11.3 Å². The van der Waals surface area contributed by atoms with Crippen LogP contribution in [0.3, 0.4) is 0 Å². The molecular weight excluding hydrogens is 206 g/mol. The van der Waals surface area contributed by atoms with Crippen molar-refractivity contribution in [1.82, 2.24) is 4.57 Å². The summed E-state index contributed by atoms with van der Waals surface area (Å²) in [6.07, 6.45) is 5.74. The fourth-order valence-corrected chi connectivity index (χ4v) is 1.25. The molecule has 0 aliphatic heterocycles. The average molecular weight is 224 g/mol. The Morgan fingerprint density at radius 3 is 2.94 bits per heavy atom. The molecule has 0 amide bonds. The molecule has 1 heterocycles. The van der Waals surface area contributed by atoms with Crippen LogP contribution in [0.15, 0.2) is 18.7 Å². The summed E-state index contributed by atoms with van der Waals surface area (Å²) >= 11 is 0. The molecule has 0 N–H and O–H groups in total. The lowest BCUT2D eigenvalue weighted by molar-refractivity contribution is -0.698. The number of nitrogens with zero attached hydrogens (tertiary/aromatic N) is 3. The van der Waals surface area contributed by atoms with Crippen LogP contribution in [0.2, 0.25) is 0 Å². The molecule has 0 aliphatic rings. The van der Waals surface area contributed by atoms with Crippen molar-refractivity contribution in [3.63, 3.8) is 0 Å². The summed E-state index contributed by atoms with van der Waals surface area (Å²) in [7, 11) is 1.65. The predicted molar refractivity (Wildman–Crippen MR) is 57.6 cm³/mol. The summed E-state index contributed by atoms with van der Waals surface area (Å²) in [5.41, 5.74) is 0. The van der Waals surface area contributed by atoms with E-state index in [0.29, 0.717) is 19.8 Å². The number of nitriles is 1. The van der Waals surface area contributed by atoms with Crippen molar-refractivity contribution in [2.45, 2.75) is 19.5 Å². The van der Waals surface area contributed by atoms with Crippen LogP contribution in [0.5, 0.6) is 0 Å². The highest BCUT2D eigenvalue weighted by atomic mass is 16.5. The molecule has 1 unspecified atom stereocenters. The van der Waals surface area contributed by atoms with E-state index < -0.39 is 0 Å². The van der Waals surface area contributed by atoms with Gasteiger partial charge in [-0.25, -0.2) is 9.13 Å². The highest BCUT2D eigenvalue weighted by Crippen LogP contribution is 1.99. The van der Waals surface area contributed by atoms with Crippen molar-refractivity contribution in [3.8, 4) is 6.07 Å². The number of hydrogen-bond donors (Lipinski definition) is 0. The molecule has 5 nitrogen and oxygen atoms in total. The maximum atomic E-state index is 8.75. The first-order chi connectivity index (χ1) is 7.77. The molecule has 0 fully saturated rings. The molecule has 0 saturated heterocycles. The summed E-state index contributed by atoms with van der Waals surface area (Å²) in [5.74, 6) is 0. The van der Waals surface area contributed by atoms with E-state index in [0.717, 1.165) is 6.54 Å². The molecule has 0 saturated carbocycles. The Labute approximate surface area is 95.8 Å². The van der Waals surface area contributed by atoms with Gasteiger partial charge in [0, 0.05) is 7.11 Å². The van der Waals surface area contributed by atoms with Crippen LogP contribution in [0.1, 0.15) is 13.0 Å². The quantitative estimate of drug-likeness (QED) is 0.501. The number of imidazole rings is 1. The maximum absolute atomic E-state index is 8.75. The second kappa shape index (κ2) is 6.99. The Balaban J connectivity index is 2.27. The zero-order valence-corrected chi connectivity index (χ0v) is 9.80. The highest BCUT2D eigenvalue weighted by Gasteiger charge is 2.09. The largest absolute Gasteiger partial charge is 0.382 e. The fraction of sp³-hybridized carbons (Fsp3) is 0.636. The van der Waals surface area contributed by atoms with Crippen LogP contribution < -0.4 is 4.57 Å². The Kier molecular flexibility index (Phi) is 5.54. The van der Waals surface area contributed by atoms with Gasteiger partial charge in [-0.2, -0.15) is 5.26 Å². The molecule has 0 spiro atoms. The average Bonchev–Trinajstić information content (AvgIpc) is 2.76. The minimum atomic E-state index is -0.129. The number of ether oxygens (including phenoxy) is 2. The van der Waals surface area contributed by atoms with Gasteiger partial charge in [0.05, 0.1) is 19.8 Å². The van der Waals surface area contributed by atoms with Crippen LogP contribution in [0.4, 0.5) is 0 Å². The second-order valence-corrected chi connectivity index (χ2v) is 3.51. The molecule has 16 heavy (non-hydrogen) atoms. The summed E-state index contributed by atoms with van der Waals surface area (Å²) in [6, 6.07) is 2.05. The van der Waals surface area contributed by atoms with Crippen LogP contribution in [-0.4, -0.2) is 31.5 Å². The van der Waals surface area contributed by atoms with Gasteiger partial charge in [0.15, 0.2) is 6.04 Å². The van der Waals surface area contributed by atoms with Crippen molar-refractivity contribution in [1.29, 1.82) is 5.26 Å². The summed E-state index contributed by atoms with van der Waals surface area (Å²) in [5, 5.41) is 8.75. The van der Waals surface area contributed by atoms with Crippen molar-refractivity contribution in [2.75, 3.05) is 26.9 Å². The fourth-order valence-electron chi connectivity index (χ4n) is 1.25. The van der Waals surface area contributed by atoms with E-state index in [1.807, 2.05) is 34.8 Å². The lowest BCUT2D eigenvalue weighted by atomic mass is 10.4. The Bertz CT molecular complexity index is 343. The molecule has 1 aromatic heterocycles. The first-order valence-electron chi connectivity index (χ1n) is 5.30. The molecular formula is C11H18N3O2+. The predicted octanol–water partition coefficient (Wildman–Crippen LogP) is 0.523. The van der Waals surface area contributed by atoms with Gasteiger partial charge in [-0.1, -0.05) is 0 Å². The number of aromatic nitrogens is 2. The van der Waals surface area contributed by atoms with Crippen molar-refractivity contribution in [2.24, 2.45) is 0 Å². The normalized spacial score (nSPS) is 12.3. The lowest BCUT2D eigenvalue weighted by Crippen LogP contribution is -2.34. The van der Waals surface area contributed by atoms with Gasteiger partial charge in [0.1, 0.15) is 25.0 Å². The van der Waals surface area contributed by atoms with Crippen LogP contribution in [-0.2, 0) is 16.0 Å². The van der Waals surface area contributed by atoms with Crippen LogP contribution in [0.25, 0.3) is 0 Å². The van der Waals surface area contributed by atoms with Crippen LogP contribution >= 0.6 is 0 Å². The zero-order chi connectivity index (χ0) is 11.8. The summed E-state index contributed by atoms with van der Waals surface area (Å²) < 4.78 is 14.1. The second-order valence-electron chi connectivity index (χ2n) is 3.51. The topological polar surface area (TPSA) is 51.1 Å². The minimum absolute atomic E-state index is 0.129. The number of methoxy groups -OCH3 is 1. The van der Waals surface area contributed by atoms with Gasteiger partial charge in [0.25, 0.3) is 0 Å². The third-order valence-corrected chi connectivity index (χ3v) is 2.27. The molecule has 5 heteroatoms. The van der Waals surface area contributed by atoms with E-state index in [9.17, 15) is 0 Å². The number of hydrogen-bond acceptors (Lipinski definition) is 3. The van der Waals surface area contributed by atoms with Gasteiger partial charge in [-0.05, 0) is 6.92 Å². The van der Waals surface area contributed by atoms with Crippen molar-refractivity contribution in [3.05, 3.63) is 18.7 Å². The van der Waals surface area contributed by atoms with Crippen molar-refractivity contribution < 1.29 is 14.0 Å². The van der Waals surface area contributed by atoms with E-state index in [1.54, 1.807) is 7.11 Å². The molecule has 0 aromatic carbocycles. The Hall–Kier alpha value is -1.38. The van der Waals surface area contributed by atoms with E-state index in [1.165, 1.54) is 0 Å². The SMILES string of the molecule is COCCOCC[n+]1ccn(C(C)C#N)c1. The van der Waals surface area contributed by atoms with Gasteiger partial charge in [0.2, 0.25) is 6.33 Å². The molecule has 88 valence electrons. The van der Waals surface area contributed by atoms with Gasteiger partial charge in [-0.15, -0.1) is 0 Å². The Morgan fingerprint density at radius 1 is 1.44 bits per heavy atom. The van der Waals surface area contributed by atoms with Gasteiger partial charge < -0.3 is 9.47 Å². The van der Waals surface area contributed by atoms with Gasteiger partial charge in [-0.3, -0.25) is 0 Å². The standard InChI is InChI=1S/C11H18N3O2/c1-11(9-12)14-4-3-13(10-14)5-6-16-8-7-15-2/h3-4,10-11H,5-8H2,1-2H3/q+1. The first kappa shape index (κ1) is 12.7. The summed E-state index contributed by atoms with van der Waals surface area (Å²) in [4.78, 5) is 0. The molecule has 0 bridgehead atoms. The molecule has 1 aromatic rings. The first-order valence-corrected chi connectivity index (χ1v) is 5.30. The highest BCUT2D eigenvalue weighted by molar-refractivity contribution is 4.87. The smallest absolute Gasteiger partial charge is 0.244 e. The van der Waals surface area contributed by atoms with Gasteiger partial charge >= 0.3 is 0 Å². The van der Waals surface area contributed by atoms with E-state index in [2.05, 4.69) is 6.07 Å². The number of rotatable bonds is 7. The minimum Gasteiger partial charge on any atom is -0.382 e. The molecule has 0 radical (unpaired) electrons. The van der Waals surface area contributed by atoms with Crippen molar-refractivity contribution >= 4 is 0 Å². The third kappa shape index (κ3) is 4.01. The molecule has 0 aliphatic carbocycles. The monoisotopic (exact) mass is 224 g/mol. The third-order valence-electron chi connectivity index (χ3n) is 2.27. The molecule has 1 atom stereocenters. The zero-order valence-electron chi connectivity index (χ0n) is 9.80. The van der Waals surface area contributed by atoms with E-state index in [4.69, 9.17) is 14.7 Å². The molecule has 1 rings (SSSR count). The lowest BCUT2D eigenvalue weighted by Gasteiger charge is -2.01. The van der Waals surface area contributed by atoms with E-state index in [-0.39, 0.29) is 6.04 Å². The van der Waals surface area contributed by atoms with E-state index >= 15 is 0 Å². The maximum Gasteiger partial charge on any atom is 0.244 e.